The molecular formula is C22H29N5O4. The zero-order valence-corrected chi connectivity index (χ0v) is 18.2. The Morgan fingerprint density at radius 3 is 2.74 bits per heavy atom. The van der Waals surface area contributed by atoms with E-state index in [1.54, 1.807) is 11.6 Å². The maximum absolute atomic E-state index is 12.7. The van der Waals surface area contributed by atoms with Crippen molar-refractivity contribution in [3.63, 3.8) is 0 Å². The summed E-state index contributed by atoms with van der Waals surface area (Å²) in [6.07, 6.45) is 1.19. The van der Waals surface area contributed by atoms with Crippen molar-refractivity contribution in [1.29, 1.82) is 0 Å². The molecule has 4 rings (SSSR count). The van der Waals surface area contributed by atoms with Crippen LogP contribution in [0.5, 0.6) is 5.75 Å². The van der Waals surface area contributed by atoms with Crippen molar-refractivity contribution in [2.24, 2.45) is 13.0 Å². The fourth-order valence-electron chi connectivity index (χ4n) is 4.01. The predicted octanol–water partition coefficient (Wildman–Crippen LogP) is 1.41. The number of ether oxygens (including phenoxy) is 1. The molecule has 1 aliphatic heterocycles. The number of aliphatic hydroxyl groups excluding tert-OH is 1. The van der Waals surface area contributed by atoms with Gasteiger partial charge in [-0.25, -0.2) is 4.79 Å². The van der Waals surface area contributed by atoms with Gasteiger partial charge in [0, 0.05) is 20.1 Å². The molecule has 0 radical (unpaired) electrons. The quantitative estimate of drug-likeness (QED) is 0.616. The molecule has 0 aliphatic carbocycles. The van der Waals surface area contributed by atoms with Gasteiger partial charge in [0.1, 0.15) is 18.5 Å². The van der Waals surface area contributed by atoms with Gasteiger partial charge in [0.05, 0.1) is 6.54 Å². The second-order valence-corrected chi connectivity index (χ2v) is 8.46. The molecule has 9 nitrogen and oxygen atoms in total. The lowest BCUT2D eigenvalue weighted by Gasteiger charge is -2.31. The van der Waals surface area contributed by atoms with Crippen LogP contribution < -0.4 is 20.9 Å². The van der Waals surface area contributed by atoms with Crippen LogP contribution in [0.3, 0.4) is 0 Å². The maximum Gasteiger partial charge on any atom is 0.329 e. The van der Waals surface area contributed by atoms with Crippen molar-refractivity contribution in [1.82, 2.24) is 19.1 Å². The molecule has 2 N–H and O–H groups in total. The fraction of sp³-hybridized carbons (Fsp3) is 0.500. The molecule has 1 fully saturated rings. The van der Waals surface area contributed by atoms with Gasteiger partial charge in [-0.15, -0.1) is 0 Å². The molecule has 1 aliphatic rings. The molecule has 0 amide bonds. The summed E-state index contributed by atoms with van der Waals surface area (Å²) in [6.45, 7) is 6.02. The average Bonchev–Trinajstić information content (AvgIpc) is 3.11. The van der Waals surface area contributed by atoms with E-state index in [0.717, 1.165) is 31.5 Å². The van der Waals surface area contributed by atoms with E-state index in [4.69, 9.17) is 4.74 Å². The molecule has 0 spiro atoms. The number of piperidine rings is 1. The highest BCUT2D eigenvalue weighted by atomic mass is 16.5. The molecule has 2 aromatic heterocycles. The van der Waals surface area contributed by atoms with E-state index in [0.29, 0.717) is 23.3 Å². The first kappa shape index (κ1) is 21.2. The number of aryl methyl sites for hydroxylation is 2. The molecule has 1 saturated heterocycles. The Morgan fingerprint density at radius 1 is 1.29 bits per heavy atom. The minimum absolute atomic E-state index is 0.0727. The number of aromatic amines is 1. The average molecular weight is 428 g/mol. The van der Waals surface area contributed by atoms with Crippen LogP contribution in [0.4, 0.5) is 5.95 Å². The topological polar surface area (TPSA) is 105 Å². The Morgan fingerprint density at radius 2 is 2.03 bits per heavy atom. The van der Waals surface area contributed by atoms with Gasteiger partial charge in [0.15, 0.2) is 11.2 Å². The lowest BCUT2D eigenvalue weighted by molar-refractivity contribution is 0.0935. The standard InChI is InChI=1S/C22H29N5O4/c1-14-7-9-26(10-8-14)21-23-19-18(20(29)24-22(30)25(19)3)27(21)12-16(28)13-31-17-6-4-5-15(2)11-17/h4-6,11,14,16,28H,7-10,12-13H2,1-3H3,(H,24,29,30). The van der Waals surface area contributed by atoms with Crippen molar-refractivity contribution in [3.8, 4) is 5.75 Å². The highest BCUT2D eigenvalue weighted by Gasteiger charge is 2.25. The number of H-pyrrole nitrogens is 1. The van der Waals surface area contributed by atoms with Crippen molar-refractivity contribution >= 4 is 17.1 Å². The zero-order chi connectivity index (χ0) is 22.1. The zero-order valence-electron chi connectivity index (χ0n) is 18.2. The number of hydrogen-bond donors (Lipinski definition) is 2. The summed E-state index contributed by atoms with van der Waals surface area (Å²) in [6, 6.07) is 7.62. The molecular weight excluding hydrogens is 398 g/mol. The number of imidazole rings is 1. The van der Waals surface area contributed by atoms with E-state index in [1.165, 1.54) is 4.57 Å². The smallest absolute Gasteiger partial charge is 0.329 e. The van der Waals surface area contributed by atoms with Crippen molar-refractivity contribution < 1.29 is 9.84 Å². The summed E-state index contributed by atoms with van der Waals surface area (Å²) in [4.78, 5) is 33.8. The molecule has 1 aromatic carbocycles. The van der Waals surface area contributed by atoms with Crippen molar-refractivity contribution in [3.05, 3.63) is 50.7 Å². The van der Waals surface area contributed by atoms with Crippen LogP contribution in [0.1, 0.15) is 25.3 Å². The third-order valence-electron chi connectivity index (χ3n) is 5.88. The summed E-state index contributed by atoms with van der Waals surface area (Å²) in [5.41, 5.74) is 0.652. The van der Waals surface area contributed by atoms with E-state index < -0.39 is 17.4 Å². The van der Waals surface area contributed by atoms with Gasteiger partial charge >= 0.3 is 5.69 Å². The van der Waals surface area contributed by atoms with E-state index in [9.17, 15) is 14.7 Å². The molecule has 3 heterocycles. The normalized spacial score (nSPS) is 16.1. The maximum atomic E-state index is 12.7. The number of aromatic nitrogens is 4. The highest BCUT2D eigenvalue weighted by molar-refractivity contribution is 5.74. The summed E-state index contributed by atoms with van der Waals surface area (Å²) in [7, 11) is 1.58. The third kappa shape index (κ3) is 4.36. The fourth-order valence-corrected chi connectivity index (χ4v) is 4.01. The molecule has 0 bridgehead atoms. The van der Waals surface area contributed by atoms with Crippen LogP contribution in [0.2, 0.25) is 0 Å². The number of rotatable bonds is 6. The molecule has 9 heteroatoms. The second kappa shape index (κ2) is 8.58. The molecule has 166 valence electrons. The number of hydrogen-bond acceptors (Lipinski definition) is 6. The molecule has 1 atom stereocenters. The van der Waals surface area contributed by atoms with Crippen LogP contribution in [0.15, 0.2) is 33.9 Å². The van der Waals surface area contributed by atoms with E-state index in [2.05, 4.69) is 21.8 Å². The van der Waals surface area contributed by atoms with Crippen LogP contribution in [0, 0.1) is 12.8 Å². The van der Waals surface area contributed by atoms with E-state index >= 15 is 0 Å². The molecule has 0 saturated carbocycles. The SMILES string of the molecule is Cc1cccc(OCC(O)Cn2c(N3CCC(C)CC3)nc3c2c(=O)[nH]c(=O)n3C)c1. The Hall–Kier alpha value is -3.07. The lowest BCUT2D eigenvalue weighted by atomic mass is 10.00. The third-order valence-corrected chi connectivity index (χ3v) is 5.88. The first-order valence-corrected chi connectivity index (χ1v) is 10.7. The van der Waals surface area contributed by atoms with Crippen LogP contribution >= 0.6 is 0 Å². The molecule has 3 aromatic rings. The Balaban J connectivity index is 1.65. The van der Waals surface area contributed by atoms with Gasteiger partial charge < -0.3 is 19.3 Å². The van der Waals surface area contributed by atoms with Crippen molar-refractivity contribution in [2.45, 2.75) is 39.3 Å². The van der Waals surface area contributed by atoms with Gasteiger partial charge in [0.25, 0.3) is 5.56 Å². The highest BCUT2D eigenvalue weighted by Crippen LogP contribution is 2.25. The Bertz CT molecular complexity index is 1190. The van der Waals surface area contributed by atoms with Crippen molar-refractivity contribution in [2.75, 3.05) is 24.6 Å². The summed E-state index contributed by atoms with van der Waals surface area (Å²) >= 11 is 0. The monoisotopic (exact) mass is 427 g/mol. The van der Waals surface area contributed by atoms with Gasteiger partial charge in [-0.2, -0.15) is 4.98 Å². The minimum atomic E-state index is -0.864. The Labute approximate surface area is 179 Å². The first-order valence-electron chi connectivity index (χ1n) is 10.7. The van der Waals surface area contributed by atoms with Gasteiger partial charge in [-0.1, -0.05) is 19.1 Å². The largest absolute Gasteiger partial charge is 0.491 e. The van der Waals surface area contributed by atoms with Crippen LogP contribution in [-0.4, -0.2) is 50.0 Å². The Kier molecular flexibility index (Phi) is 5.86. The van der Waals surface area contributed by atoms with Gasteiger partial charge in [0.2, 0.25) is 5.95 Å². The second-order valence-electron chi connectivity index (χ2n) is 8.46. The van der Waals surface area contributed by atoms with E-state index in [1.807, 2.05) is 31.2 Å². The molecule has 1 unspecified atom stereocenters. The van der Waals surface area contributed by atoms with Gasteiger partial charge in [-0.3, -0.25) is 14.3 Å². The number of anilines is 1. The number of nitrogens with one attached hydrogen (secondary N) is 1. The number of fused-ring (bicyclic) bond motifs is 1. The van der Waals surface area contributed by atoms with E-state index in [-0.39, 0.29) is 18.7 Å². The van der Waals surface area contributed by atoms with Gasteiger partial charge in [-0.05, 0) is 43.4 Å². The predicted molar refractivity (Wildman–Crippen MR) is 119 cm³/mol. The number of aliphatic hydroxyl groups is 1. The van der Waals surface area contributed by atoms with Crippen LogP contribution in [-0.2, 0) is 13.6 Å². The first-order chi connectivity index (χ1) is 14.8. The minimum Gasteiger partial charge on any atom is -0.491 e. The molecule has 31 heavy (non-hydrogen) atoms. The number of nitrogens with zero attached hydrogens (tertiary/aromatic N) is 4. The summed E-state index contributed by atoms with van der Waals surface area (Å²) in [5.74, 6) is 1.92. The summed E-state index contributed by atoms with van der Waals surface area (Å²) in [5, 5.41) is 10.7. The number of benzene rings is 1. The summed E-state index contributed by atoms with van der Waals surface area (Å²) < 4.78 is 8.79. The van der Waals surface area contributed by atoms with Crippen LogP contribution in [0.25, 0.3) is 11.2 Å². The lowest BCUT2D eigenvalue weighted by Crippen LogP contribution is -2.36.